The van der Waals surface area contributed by atoms with Crippen LogP contribution in [0, 0.1) is 0 Å². The number of aromatic hydroxyl groups is 1. The lowest BCUT2D eigenvalue weighted by atomic mass is 10.1. The van der Waals surface area contributed by atoms with Gasteiger partial charge in [0.15, 0.2) is 0 Å². The Hall–Kier alpha value is -2.62. The lowest BCUT2D eigenvalue weighted by Crippen LogP contribution is -2.12. The number of phenolic OH excluding ortho intramolecular Hbond substituents is 1. The molecule has 2 aromatic rings. The predicted octanol–water partition coefficient (Wildman–Crippen LogP) is 3.10. The van der Waals surface area contributed by atoms with Crippen molar-refractivity contribution in [1.29, 1.82) is 0 Å². The first kappa shape index (κ1) is 14.8. The summed E-state index contributed by atoms with van der Waals surface area (Å²) >= 11 is 0. The van der Waals surface area contributed by atoms with Gasteiger partial charge in [0.25, 0.3) is 0 Å². The molecule has 0 spiro atoms. The number of esters is 2. The van der Waals surface area contributed by atoms with Gasteiger partial charge in [-0.05, 0) is 30.5 Å². The van der Waals surface area contributed by atoms with Gasteiger partial charge in [0.05, 0.1) is 0 Å². The lowest BCUT2D eigenvalue weighted by Gasteiger charge is -2.05. The summed E-state index contributed by atoms with van der Waals surface area (Å²) in [5.74, 6) is -1.60. The monoisotopic (exact) mass is 284 g/mol. The molecule has 1 N–H and O–H groups in total. The Morgan fingerprint density at radius 1 is 0.952 bits per heavy atom. The molecule has 0 radical (unpaired) electrons. The SMILES string of the molecule is O=C(CCCc1ccccc1)OC(=O)c1ccccc1O. The van der Waals surface area contributed by atoms with Gasteiger partial charge in [-0.3, -0.25) is 4.79 Å². The molecule has 0 saturated carbocycles. The van der Waals surface area contributed by atoms with Crippen LogP contribution in [-0.2, 0) is 16.0 Å². The highest BCUT2D eigenvalue weighted by Crippen LogP contribution is 2.17. The molecule has 2 rings (SSSR count). The fraction of sp³-hybridized carbons (Fsp3) is 0.176. The van der Waals surface area contributed by atoms with Crippen molar-refractivity contribution in [3.05, 3.63) is 65.7 Å². The largest absolute Gasteiger partial charge is 0.507 e. The minimum Gasteiger partial charge on any atom is -0.507 e. The molecule has 21 heavy (non-hydrogen) atoms. The van der Waals surface area contributed by atoms with Gasteiger partial charge in [-0.15, -0.1) is 0 Å². The van der Waals surface area contributed by atoms with Gasteiger partial charge >= 0.3 is 11.9 Å². The van der Waals surface area contributed by atoms with Crippen LogP contribution < -0.4 is 0 Å². The number of phenols is 1. The van der Waals surface area contributed by atoms with E-state index in [4.69, 9.17) is 4.74 Å². The summed E-state index contributed by atoms with van der Waals surface area (Å²) in [5.41, 5.74) is 1.13. The number of hydrogen-bond donors (Lipinski definition) is 1. The van der Waals surface area contributed by atoms with Crippen LogP contribution in [0.2, 0.25) is 0 Å². The molecule has 0 aliphatic rings. The molecule has 0 aromatic heterocycles. The molecular formula is C17H16O4. The molecule has 0 unspecified atom stereocenters. The molecule has 0 heterocycles. The van der Waals surface area contributed by atoms with E-state index >= 15 is 0 Å². The maximum atomic E-state index is 11.7. The summed E-state index contributed by atoms with van der Waals surface area (Å²) in [7, 11) is 0. The second kappa shape index (κ2) is 7.24. The fourth-order valence-electron chi connectivity index (χ4n) is 1.94. The molecule has 0 fully saturated rings. The topological polar surface area (TPSA) is 63.6 Å². The van der Waals surface area contributed by atoms with Gasteiger partial charge in [-0.2, -0.15) is 0 Å². The molecule has 0 bridgehead atoms. The van der Waals surface area contributed by atoms with Crippen molar-refractivity contribution < 1.29 is 19.4 Å². The quantitative estimate of drug-likeness (QED) is 0.677. The lowest BCUT2D eigenvalue weighted by molar-refractivity contribution is -0.138. The summed E-state index contributed by atoms with van der Waals surface area (Å²) in [5, 5.41) is 9.51. The Morgan fingerprint density at radius 2 is 1.62 bits per heavy atom. The van der Waals surface area contributed by atoms with Crippen molar-refractivity contribution in [2.45, 2.75) is 19.3 Å². The van der Waals surface area contributed by atoms with Crippen molar-refractivity contribution in [3.63, 3.8) is 0 Å². The molecule has 0 aliphatic heterocycles. The minimum atomic E-state index is -0.821. The van der Waals surface area contributed by atoms with Crippen LogP contribution >= 0.6 is 0 Å². The predicted molar refractivity (Wildman–Crippen MR) is 77.9 cm³/mol. The van der Waals surface area contributed by atoms with E-state index < -0.39 is 11.9 Å². The first-order valence-electron chi connectivity index (χ1n) is 6.74. The number of carbonyl (C=O) groups is 2. The van der Waals surface area contributed by atoms with Crippen LogP contribution in [0.1, 0.15) is 28.8 Å². The third kappa shape index (κ3) is 4.45. The number of carbonyl (C=O) groups excluding carboxylic acids is 2. The summed E-state index contributed by atoms with van der Waals surface area (Å²) in [6.45, 7) is 0. The molecule has 0 aliphatic carbocycles. The summed E-state index contributed by atoms with van der Waals surface area (Å²) < 4.78 is 4.72. The molecule has 4 nitrogen and oxygen atoms in total. The zero-order valence-corrected chi connectivity index (χ0v) is 11.5. The number of para-hydroxylation sites is 1. The second-order valence-corrected chi connectivity index (χ2v) is 4.62. The van der Waals surface area contributed by atoms with Crippen molar-refractivity contribution in [3.8, 4) is 5.75 Å². The van der Waals surface area contributed by atoms with Crippen LogP contribution in [0.3, 0.4) is 0 Å². The van der Waals surface area contributed by atoms with E-state index in [1.807, 2.05) is 30.3 Å². The molecule has 108 valence electrons. The van der Waals surface area contributed by atoms with E-state index in [2.05, 4.69) is 0 Å². The minimum absolute atomic E-state index is 0.00564. The maximum absolute atomic E-state index is 11.7. The van der Waals surface area contributed by atoms with Gasteiger partial charge in [-0.25, -0.2) is 4.79 Å². The van der Waals surface area contributed by atoms with Gasteiger partial charge in [0, 0.05) is 6.42 Å². The average Bonchev–Trinajstić information content (AvgIpc) is 2.48. The Bertz CT molecular complexity index is 620. The highest BCUT2D eigenvalue weighted by molar-refractivity contribution is 5.98. The zero-order chi connectivity index (χ0) is 15.1. The Labute approximate surface area is 123 Å². The average molecular weight is 284 g/mol. The maximum Gasteiger partial charge on any atom is 0.349 e. The van der Waals surface area contributed by atoms with Crippen molar-refractivity contribution in [2.75, 3.05) is 0 Å². The van der Waals surface area contributed by atoms with E-state index in [0.29, 0.717) is 6.42 Å². The fourth-order valence-corrected chi connectivity index (χ4v) is 1.94. The van der Waals surface area contributed by atoms with E-state index in [1.165, 1.54) is 12.1 Å². The standard InChI is InChI=1S/C17H16O4/c18-15-11-5-4-10-14(15)17(20)21-16(19)12-6-9-13-7-2-1-3-8-13/h1-5,7-8,10-11,18H,6,9,12H2. The van der Waals surface area contributed by atoms with Gasteiger partial charge in [0.1, 0.15) is 11.3 Å². The van der Waals surface area contributed by atoms with Crippen LogP contribution in [0.4, 0.5) is 0 Å². The van der Waals surface area contributed by atoms with Crippen LogP contribution in [0.5, 0.6) is 5.75 Å². The molecule has 0 amide bonds. The number of ether oxygens (including phenoxy) is 1. The number of aryl methyl sites for hydroxylation is 1. The van der Waals surface area contributed by atoms with Crippen LogP contribution in [0.15, 0.2) is 54.6 Å². The normalized spacial score (nSPS) is 10.1. The molecule has 0 saturated heterocycles. The van der Waals surface area contributed by atoms with Crippen molar-refractivity contribution in [2.24, 2.45) is 0 Å². The van der Waals surface area contributed by atoms with Crippen LogP contribution in [0.25, 0.3) is 0 Å². The number of rotatable bonds is 5. The Kier molecular flexibility index (Phi) is 5.10. The van der Waals surface area contributed by atoms with Crippen molar-refractivity contribution in [1.82, 2.24) is 0 Å². The van der Waals surface area contributed by atoms with E-state index in [9.17, 15) is 14.7 Å². The Morgan fingerprint density at radius 3 is 2.33 bits per heavy atom. The number of hydrogen-bond acceptors (Lipinski definition) is 4. The highest BCUT2D eigenvalue weighted by atomic mass is 16.6. The molecule has 4 heteroatoms. The highest BCUT2D eigenvalue weighted by Gasteiger charge is 2.15. The third-order valence-electron chi connectivity index (χ3n) is 3.02. The zero-order valence-electron chi connectivity index (χ0n) is 11.5. The summed E-state index contributed by atoms with van der Waals surface area (Å²) in [6.07, 6.45) is 1.52. The molecule has 0 atom stereocenters. The van der Waals surface area contributed by atoms with E-state index in [0.717, 1.165) is 12.0 Å². The van der Waals surface area contributed by atoms with Crippen LogP contribution in [-0.4, -0.2) is 17.0 Å². The van der Waals surface area contributed by atoms with Gasteiger partial charge in [-0.1, -0.05) is 42.5 Å². The first-order chi connectivity index (χ1) is 10.2. The Balaban J connectivity index is 1.80. The third-order valence-corrected chi connectivity index (χ3v) is 3.02. The van der Waals surface area contributed by atoms with E-state index in [-0.39, 0.29) is 17.7 Å². The van der Waals surface area contributed by atoms with E-state index in [1.54, 1.807) is 12.1 Å². The summed E-state index contributed by atoms with van der Waals surface area (Å²) in [4.78, 5) is 23.3. The van der Waals surface area contributed by atoms with Gasteiger partial charge < -0.3 is 9.84 Å². The molecule has 2 aromatic carbocycles. The smallest absolute Gasteiger partial charge is 0.349 e. The number of benzene rings is 2. The van der Waals surface area contributed by atoms with Crippen molar-refractivity contribution >= 4 is 11.9 Å². The van der Waals surface area contributed by atoms with Gasteiger partial charge in [0.2, 0.25) is 0 Å². The molecular weight excluding hydrogens is 268 g/mol. The summed E-state index contributed by atoms with van der Waals surface area (Å²) in [6, 6.07) is 15.7. The first-order valence-corrected chi connectivity index (χ1v) is 6.74. The second-order valence-electron chi connectivity index (χ2n) is 4.62.